The molecular weight excluding hydrogens is 276 g/mol. The Hall–Kier alpha value is -2.15. The molecule has 1 atom stereocenters. The molecule has 0 bridgehead atoms. The number of amides is 2. The number of para-hydroxylation sites is 1. The largest absolute Gasteiger partial charge is 0.344 e. The molecular formula is C13H16N4O2S. The van der Waals surface area contributed by atoms with Gasteiger partial charge in [-0.2, -0.15) is 0 Å². The van der Waals surface area contributed by atoms with E-state index in [1.165, 1.54) is 0 Å². The zero-order valence-corrected chi connectivity index (χ0v) is 11.9. The molecule has 0 spiro atoms. The Balaban J connectivity index is 1.83. The topological polar surface area (TPSA) is 73.5 Å². The average Bonchev–Trinajstić information content (AvgIpc) is 2.91. The molecule has 1 aliphatic rings. The van der Waals surface area contributed by atoms with Crippen LogP contribution in [0.25, 0.3) is 0 Å². The van der Waals surface area contributed by atoms with E-state index in [0.29, 0.717) is 18.0 Å². The van der Waals surface area contributed by atoms with Crippen LogP contribution < -0.4 is 21.1 Å². The second kappa shape index (κ2) is 6.33. The fourth-order valence-electron chi connectivity index (χ4n) is 1.87. The first kappa shape index (κ1) is 14.3. The predicted octanol–water partition coefficient (Wildman–Crippen LogP) is 0.307. The number of nitrogens with one attached hydrogen (secondary N) is 3. The number of thiocarbonyl (C=S) groups is 1. The van der Waals surface area contributed by atoms with Crippen molar-refractivity contribution in [1.29, 1.82) is 0 Å². The van der Waals surface area contributed by atoms with Crippen LogP contribution in [-0.4, -0.2) is 30.0 Å². The SMILES string of the molecule is CN(C(=S)NNC(=O)[C@@H]1CCC(=O)N1)c1ccccc1. The number of hydrogen-bond acceptors (Lipinski definition) is 3. The lowest BCUT2D eigenvalue weighted by Gasteiger charge is -2.22. The number of nitrogens with zero attached hydrogens (tertiary/aromatic N) is 1. The van der Waals surface area contributed by atoms with Gasteiger partial charge in [-0.1, -0.05) is 18.2 Å². The first-order valence-electron chi connectivity index (χ1n) is 6.26. The molecule has 2 amide bonds. The molecule has 1 saturated heterocycles. The summed E-state index contributed by atoms with van der Waals surface area (Å²) >= 11 is 5.19. The number of hydrazine groups is 1. The molecule has 7 heteroatoms. The van der Waals surface area contributed by atoms with E-state index in [-0.39, 0.29) is 11.8 Å². The Labute approximate surface area is 122 Å². The molecule has 1 fully saturated rings. The maximum atomic E-state index is 11.8. The number of hydrogen-bond donors (Lipinski definition) is 3. The third-order valence-corrected chi connectivity index (χ3v) is 3.43. The van der Waals surface area contributed by atoms with E-state index in [9.17, 15) is 9.59 Å². The molecule has 106 valence electrons. The minimum Gasteiger partial charge on any atom is -0.344 e. The molecule has 0 aliphatic carbocycles. The highest BCUT2D eigenvalue weighted by atomic mass is 32.1. The van der Waals surface area contributed by atoms with E-state index in [0.717, 1.165) is 5.69 Å². The van der Waals surface area contributed by atoms with Crippen molar-refractivity contribution in [2.75, 3.05) is 11.9 Å². The van der Waals surface area contributed by atoms with Gasteiger partial charge >= 0.3 is 0 Å². The van der Waals surface area contributed by atoms with Crippen molar-refractivity contribution in [2.45, 2.75) is 18.9 Å². The van der Waals surface area contributed by atoms with Crippen molar-refractivity contribution in [3.8, 4) is 0 Å². The van der Waals surface area contributed by atoms with Gasteiger partial charge in [-0.3, -0.25) is 20.4 Å². The summed E-state index contributed by atoms with van der Waals surface area (Å²) in [6.45, 7) is 0. The summed E-state index contributed by atoms with van der Waals surface area (Å²) in [6.07, 6.45) is 0.889. The fourth-order valence-corrected chi connectivity index (χ4v) is 2.02. The standard InChI is InChI=1S/C13H16N4O2S/c1-17(9-5-3-2-4-6-9)13(20)16-15-12(19)10-7-8-11(18)14-10/h2-6,10H,7-8H2,1H3,(H,14,18)(H,15,19)(H,16,20)/t10-/m0/s1. The van der Waals surface area contributed by atoms with Gasteiger partial charge in [0.15, 0.2) is 5.11 Å². The zero-order valence-electron chi connectivity index (χ0n) is 11.1. The average molecular weight is 292 g/mol. The molecule has 0 saturated carbocycles. The van der Waals surface area contributed by atoms with Crippen LogP contribution in [0.5, 0.6) is 0 Å². The normalized spacial score (nSPS) is 17.2. The van der Waals surface area contributed by atoms with Gasteiger partial charge < -0.3 is 10.2 Å². The molecule has 6 nitrogen and oxygen atoms in total. The predicted molar refractivity (Wildman–Crippen MR) is 79.9 cm³/mol. The number of benzene rings is 1. The van der Waals surface area contributed by atoms with Gasteiger partial charge in [0, 0.05) is 19.2 Å². The van der Waals surface area contributed by atoms with Crippen LogP contribution >= 0.6 is 12.2 Å². The lowest BCUT2D eigenvalue weighted by molar-refractivity contribution is -0.126. The van der Waals surface area contributed by atoms with Crippen LogP contribution in [0.1, 0.15) is 12.8 Å². The van der Waals surface area contributed by atoms with E-state index in [2.05, 4.69) is 16.2 Å². The smallest absolute Gasteiger partial charge is 0.260 e. The van der Waals surface area contributed by atoms with Crippen LogP contribution in [0.2, 0.25) is 0 Å². The summed E-state index contributed by atoms with van der Waals surface area (Å²) < 4.78 is 0. The maximum Gasteiger partial charge on any atom is 0.260 e. The van der Waals surface area contributed by atoms with Crippen LogP contribution in [0, 0.1) is 0 Å². The third-order valence-electron chi connectivity index (χ3n) is 3.05. The van der Waals surface area contributed by atoms with Gasteiger partial charge in [0.2, 0.25) is 5.91 Å². The lowest BCUT2D eigenvalue weighted by atomic mass is 10.2. The van der Waals surface area contributed by atoms with Crippen molar-refractivity contribution in [2.24, 2.45) is 0 Å². The minimum atomic E-state index is -0.486. The zero-order chi connectivity index (χ0) is 14.5. The molecule has 1 heterocycles. The fraction of sp³-hybridized carbons (Fsp3) is 0.308. The van der Waals surface area contributed by atoms with Gasteiger partial charge in [-0.05, 0) is 30.8 Å². The highest BCUT2D eigenvalue weighted by Gasteiger charge is 2.27. The Bertz CT molecular complexity index is 520. The van der Waals surface area contributed by atoms with Gasteiger partial charge in [0.25, 0.3) is 5.91 Å². The monoisotopic (exact) mass is 292 g/mol. The van der Waals surface area contributed by atoms with Crippen LogP contribution in [0.4, 0.5) is 5.69 Å². The molecule has 20 heavy (non-hydrogen) atoms. The van der Waals surface area contributed by atoms with Crippen LogP contribution in [0.3, 0.4) is 0 Å². The van der Waals surface area contributed by atoms with Crippen molar-refractivity contribution in [1.82, 2.24) is 16.2 Å². The second-order valence-electron chi connectivity index (χ2n) is 4.47. The minimum absolute atomic E-state index is 0.103. The van der Waals surface area contributed by atoms with Gasteiger partial charge in [-0.15, -0.1) is 0 Å². The molecule has 2 rings (SSSR count). The highest BCUT2D eigenvalue weighted by molar-refractivity contribution is 7.80. The van der Waals surface area contributed by atoms with E-state index in [1.54, 1.807) is 11.9 Å². The first-order chi connectivity index (χ1) is 9.58. The van der Waals surface area contributed by atoms with E-state index >= 15 is 0 Å². The van der Waals surface area contributed by atoms with Crippen molar-refractivity contribution in [3.05, 3.63) is 30.3 Å². The number of rotatable bonds is 2. The van der Waals surface area contributed by atoms with Crippen LogP contribution in [0.15, 0.2) is 30.3 Å². The molecule has 0 unspecified atom stereocenters. The van der Waals surface area contributed by atoms with E-state index in [4.69, 9.17) is 12.2 Å². The van der Waals surface area contributed by atoms with E-state index < -0.39 is 6.04 Å². The van der Waals surface area contributed by atoms with Crippen molar-refractivity contribution >= 4 is 34.8 Å². The lowest BCUT2D eigenvalue weighted by Crippen LogP contribution is -2.52. The molecule has 1 aliphatic heterocycles. The second-order valence-corrected chi connectivity index (χ2v) is 4.86. The molecule has 3 N–H and O–H groups in total. The maximum absolute atomic E-state index is 11.8. The molecule has 1 aromatic rings. The van der Waals surface area contributed by atoms with Gasteiger partial charge in [0.1, 0.15) is 6.04 Å². The summed E-state index contributed by atoms with van der Waals surface area (Å²) in [5.74, 6) is -0.395. The summed E-state index contributed by atoms with van der Waals surface area (Å²) in [6, 6.07) is 9.06. The Kier molecular flexibility index (Phi) is 4.52. The van der Waals surface area contributed by atoms with Crippen molar-refractivity contribution < 1.29 is 9.59 Å². The van der Waals surface area contributed by atoms with Crippen LogP contribution in [-0.2, 0) is 9.59 Å². The number of anilines is 1. The number of carbonyl (C=O) groups is 2. The summed E-state index contributed by atoms with van der Waals surface area (Å²) in [5, 5.41) is 2.96. The van der Waals surface area contributed by atoms with E-state index in [1.807, 2.05) is 30.3 Å². The molecule has 1 aromatic carbocycles. The Morgan fingerprint density at radius 3 is 2.65 bits per heavy atom. The van der Waals surface area contributed by atoms with Gasteiger partial charge in [-0.25, -0.2) is 0 Å². The summed E-state index contributed by atoms with van der Waals surface area (Å²) in [7, 11) is 1.80. The summed E-state index contributed by atoms with van der Waals surface area (Å²) in [5.41, 5.74) is 6.10. The number of carbonyl (C=O) groups excluding carboxylic acids is 2. The first-order valence-corrected chi connectivity index (χ1v) is 6.66. The third kappa shape index (κ3) is 3.45. The molecule has 0 radical (unpaired) electrons. The summed E-state index contributed by atoms with van der Waals surface area (Å²) in [4.78, 5) is 24.6. The van der Waals surface area contributed by atoms with Crippen molar-refractivity contribution in [3.63, 3.8) is 0 Å². The quantitative estimate of drug-likeness (QED) is 0.540. The Morgan fingerprint density at radius 2 is 2.05 bits per heavy atom. The Morgan fingerprint density at radius 1 is 1.35 bits per heavy atom. The molecule has 0 aromatic heterocycles. The highest BCUT2D eigenvalue weighted by Crippen LogP contribution is 2.10. The van der Waals surface area contributed by atoms with Gasteiger partial charge in [0.05, 0.1) is 0 Å².